The van der Waals surface area contributed by atoms with Gasteiger partial charge in [-0.05, 0) is 32.4 Å². The van der Waals surface area contributed by atoms with Gasteiger partial charge in [-0.15, -0.1) is 10.2 Å². The summed E-state index contributed by atoms with van der Waals surface area (Å²) >= 11 is 1.50. The quantitative estimate of drug-likeness (QED) is 0.907. The van der Waals surface area contributed by atoms with Gasteiger partial charge in [0, 0.05) is 18.3 Å². The molecule has 0 saturated heterocycles. The van der Waals surface area contributed by atoms with Crippen LogP contribution in [0.15, 0.2) is 24.4 Å². The van der Waals surface area contributed by atoms with Crippen LogP contribution in [0.4, 0.5) is 0 Å². The summed E-state index contributed by atoms with van der Waals surface area (Å²) in [6, 6.07) is 5.61. The lowest BCUT2D eigenvalue weighted by Crippen LogP contribution is -2.26. The van der Waals surface area contributed by atoms with E-state index in [1.54, 1.807) is 6.20 Å². The smallest absolute Gasteiger partial charge is 0.220 e. The highest BCUT2D eigenvalue weighted by atomic mass is 32.1. The first-order chi connectivity index (χ1) is 9.15. The Morgan fingerprint density at radius 1 is 1.42 bits per heavy atom. The molecule has 0 aliphatic rings. The summed E-state index contributed by atoms with van der Waals surface area (Å²) in [4.78, 5) is 16.0. The first-order valence-corrected chi connectivity index (χ1v) is 6.96. The topological polar surface area (TPSA) is 67.8 Å². The van der Waals surface area contributed by atoms with Crippen LogP contribution in [0.1, 0.15) is 35.1 Å². The third-order valence-electron chi connectivity index (χ3n) is 2.62. The van der Waals surface area contributed by atoms with Crippen molar-refractivity contribution in [1.29, 1.82) is 0 Å². The van der Waals surface area contributed by atoms with Crippen molar-refractivity contribution in [3.05, 3.63) is 40.1 Å². The summed E-state index contributed by atoms with van der Waals surface area (Å²) in [7, 11) is 0. The Labute approximate surface area is 116 Å². The molecule has 0 saturated carbocycles. The molecule has 6 heteroatoms. The van der Waals surface area contributed by atoms with Crippen LogP contribution in [0, 0.1) is 6.92 Å². The van der Waals surface area contributed by atoms with Crippen LogP contribution in [0.5, 0.6) is 0 Å². The number of carbonyl (C=O) groups is 1. The van der Waals surface area contributed by atoms with Gasteiger partial charge >= 0.3 is 0 Å². The minimum Gasteiger partial charge on any atom is -0.347 e. The number of nitrogens with zero attached hydrogens (tertiary/aromatic N) is 3. The number of nitrogens with one attached hydrogen (secondary N) is 1. The van der Waals surface area contributed by atoms with Crippen molar-refractivity contribution in [2.24, 2.45) is 0 Å². The zero-order valence-corrected chi connectivity index (χ0v) is 11.8. The average Bonchev–Trinajstić information content (AvgIpc) is 2.84. The zero-order chi connectivity index (χ0) is 13.7. The maximum Gasteiger partial charge on any atom is 0.220 e. The van der Waals surface area contributed by atoms with Gasteiger partial charge in [-0.25, -0.2) is 0 Å². The first kappa shape index (κ1) is 13.6. The second-order valence-electron chi connectivity index (χ2n) is 4.27. The van der Waals surface area contributed by atoms with E-state index in [0.29, 0.717) is 12.8 Å². The van der Waals surface area contributed by atoms with Crippen LogP contribution < -0.4 is 5.32 Å². The van der Waals surface area contributed by atoms with E-state index in [9.17, 15) is 4.79 Å². The van der Waals surface area contributed by atoms with E-state index < -0.39 is 0 Å². The van der Waals surface area contributed by atoms with Gasteiger partial charge in [-0.2, -0.15) is 0 Å². The molecule has 2 aromatic rings. The monoisotopic (exact) mass is 276 g/mol. The van der Waals surface area contributed by atoms with Gasteiger partial charge in [0.1, 0.15) is 10.0 Å². The van der Waals surface area contributed by atoms with Crippen LogP contribution >= 0.6 is 11.3 Å². The molecule has 2 rings (SSSR count). The minimum absolute atomic E-state index is 0.00556. The Morgan fingerprint density at radius 3 is 2.89 bits per heavy atom. The molecule has 1 amide bonds. The molecule has 0 aromatic carbocycles. The van der Waals surface area contributed by atoms with Gasteiger partial charge < -0.3 is 5.32 Å². The summed E-state index contributed by atoms with van der Waals surface area (Å²) < 4.78 is 0. The number of aryl methyl sites for hydroxylation is 2. The molecule has 5 nitrogen and oxygen atoms in total. The predicted octanol–water partition coefficient (Wildman–Crippen LogP) is 2.05. The molecule has 0 radical (unpaired) electrons. The molecule has 0 spiro atoms. The number of carbonyl (C=O) groups excluding carboxylic acids is 1. The minimum atomic E-state index is -0.0950. The summed E-state index contributed by atoms with van der Waals surface area (Å²) in [5.74, 6) is 0.00556. The SMILES string of the molecule is Cc1nnc([C@H](C)NC(=O)CCc2ccccn2)s1. The van der Waals surface area contributed by atoms with E-state index in [-0.39, 0.29) is 11.9 Å². The van der Waals surface area contributed by atoms with Crippen molar-refractivity contribution in [2.75, 3.05) is 0 Å². The van der Waals surface area contributed by atoms with Crippen LogP contribution in [0.3, 0.4) is 0 Å². The van der Waals surface area contributed by atoms with E-state index in [4.69, 9.17) is 0 Å². The van der Waals surface area contributed by atoms with Gasteiger partial charge in [0.25, 0.3) is 0 Å². The average molecular weight is 276 g/mol. The Bertz CT molecular complexity index is 541. The molecule has 0 bridgehead atoms. The predicted molar refractivity (Wildman–Crippen MR) is 73.8 cm³/mol. The number of amides is 1. The zero-order valence-electron chi connectivity index (χ0n) is 11.0. The molecule has 1 atom stereocenters. The lowest BCUT2D eigenvalue weighted by atomic mass is 10.2. The molecule has 0 aliphatic carbocycles. The Hall–Kier alpha value is -1.82. The molecule has 0 aliphatic heterocycles. The molecule has 19 heavy (non-hydrogen) atoms. The van der Waals surface area contributed by atoms with Crippen molar-refractivity contribution < 1.29 is 4.79 Å². The van der Waals surface area contributed by atoms with Crippen molar-refractivity contribution in [3.8, 4) is 0 Å². The summed E-state index contributed by atoms with van der Waals surface area (Å²) in [6.07, 6.45) is 2.81. The number of pyridine rings is 1. The molecular formula is C13H16N4OS. The lowest BCUT2D eigenvalue weighted by Gasteiger charge is -2.10. The summed E-state index contributed by atoms with van der Waals surface area (Å²) in [6.45, 7) is 3.81. The summed E-state index contributed by atoms with van der Waals surface area (Å²) in [5, 5.41) is 12.6. The standard InChI is InChI=1S/C13H16N4OS/c1-9(13-17-16-10(2)19-13)15-12(18)7-6-11-5-3-4-8-14-11/h3-5,8-9H,6-7H2,1-2H3,(H,15,18)/t9-/m0/s1. The normalized spacial score (nSPS) is 12.1. The Kier molecular flexibility index (Phi) is 4.57. The Morgan fingerprint density at radius 2 is 2.26 bits per heavy atom. The molecule has 0 unspecified atom stereocenters. The molecular weight excluding hydrogens is 260 g/mol. The number of rotatable bonds is 5. The second kappa shape index (κ2) is 6.38. The van der Waals surface area contributed by atoms with E-state index >= 15 is 0 Å². The van der Waals surface area contributed by atoms with Gasteiger partial charge in [0.05, 0.1) is 6.04 Å². The highest BCUT2D eigenvalue weighted by molar-refractivity contribution is 7.11. The summed E-state index contributed by atoms with van der Waals surface area (Å²) in [5.41, 5.74) is 0.928. The van der Waals surface area contributed by atoms with Crippen molar-refractivity contribution in [2.45, 2.75) is 32.7 Å². The van der Waals surface area contributed by atoms with Gasteiger partial charge in [0.15, 0.2) is 0 Å². The largest absolute Gasteiger partial charge is 0.347 e. The van der Waals surface area contributed by atoms with Crippen LogP contribution in [0.25, 0.3) is 0 Å². The molecule has 100 valence electrons. The van der Waals surface area contributed by atoms with Gasteiger partial charge in [-0.3, -0.25) is 9.78 Å². The third-order valence-corrected chi connectivity index (χ3v) is 3.65. The van der Waals surface area contributed by atoms with Gasteiger partial charge in [-0.1, -0.05) is 17.4 Å². The lowest BCUT2D eigenvalue weighted by molar-refractivity contribution is -0.121. The number of hydrogen-bond acceptors (Lipinski definition) is 5. The van der Waals surface area contributed by atoms with Crippen LogP contribution in [0.2, 0.25) is 0 Å². The molecule has 0 fully saturated rings. The maximum absolute atomic E-state index is 11.8. The fourth-order valence-electron chi connectivity index (χ4n) is 1.65. The third kappa shape index (κ3) is 4.10. The van der Waals surface area contributed by atoms with Crippen molar-refractivity contribution in [3.63, 3.8) is 0 Å². The maximum atomic E-state index is 11.8. The number of aromatic nitrogens is 3. The highest BCUT2D eigenvalue weighted by Crippen LogP contribution is 2.16. The second-order valence-corrected chi connectivity index (χ2v) is 5.48. The number of hydrogen-bond donors (Lipinski definition) is 1. The molecule has 2 heterocycles. The molecule has 1 N–H and O–H groups in total. The van der Waals surface area contributed by atoms with Crippen molar-refractivity contribution in [1.82, 2.24) is 20.5 Å². The van der Waals surface area contributed by atoms with Crippen LogP contribution in [-0.2, 0) is 11.2 Å². The van der Waals surface area contributed by atoms with E-state index in [1.165, 1.54) is 11.3 Å². The first-order valence-electron chi connectivity index (χ1n) is 6.14. The molecule has 2 aromatic heterocycles. The Balaban J connectivity index is 1.81. The van der Waals surface area contributed by atoms with Gasteiger partial charge in [0.2, 0.25) is 5.91 Å². The van der Waals surface area contributed by atoms with E-state index in [2.05, 4.69) is 20.5 Å². The van der Waals surface area contributed by atoms with Crippen LogP contribution in [-0.4, -0.2) is 21.1 Å². The van der Waals surface area contributed by atoms with Crippen molar-refractivity contribution >= 4 is 17.2 Å². The fourth-order valence-corrected chi connectivity index (χ4v) is 2.35. The highest BCUT2D eigenvalue weighted by Gasteiger charge is 2.13. The van der Waals surface area contributed by atoms with E-state index in [1.807, 2.05) is 32.0 Å². The van der Waals surface area contributed by atoms with E-state index in [0.717, 1.165) is 15.7 Å². The fraction of sp³-hybridized carbons (Fsp3) is 0.385.